The lowest BCUT2D eigenvalue weighted by Crippen LogP contribution is -2.11. The maximum Gasteiger partial charge on any atom is 0.165 e. The molecule has 31 heavy (non-hydrogen) atoms. The molecule has 6 nitrogen and oxygen atoms in total. The molecule has 1 aromatic carbocycles. The van der Waals surface area contributed by atoms with Gasteiger partial charge in [-0.2, -0.15) is 5.10 Å². The van der Waals surface area contributed by atoms with Crippen molar-refractivity contribution in [3.63, 3.8) is 0 Å². The molecule has 1 N–H and O–H groups in total. The number of fused-ring (bicyclic) bond motifs is 1. The molecule has 0 saturated carbocycles. The van der Waals surface area contributed by atoms with Crippen LogP contribution in [0.2, 0.25) is 0 Å². The zero-order valence-corrected chi connectivity index (χ0v) is 18.4. The average Bonchev–Trinajstić information content (AvgIpc) is 3.27. The molecule has 4 aromatic rings. The van der Waals surface area contributed by atoms with Crippen molar-refractivity contribution < 1.29 is 9.13 Å². The second kappa shape index (κ2) is 8.89. The van der Waals surface area contributed by atoms with Crippen LogP contribution in [0, 0.1) is 19.7 Å². The lowest BCUT2D eigenvalue weighted by Gasteiger charge is -2.14. The van der Waals surface area contributed by atoms with Gasteiger partial charge in [0.1, 0.15) is 5.65 Å². The van der Waals surface area contributed by atoms with Gasteiger partial charge in [0.2, 0.25) is 0 Å². The van der Waals surface area contributed by atoms with E-state index in [1.165, 1.54) is 6.07 Å². The molecule has 0 amide bonds. The summed E-state index contributed by atoms with van der Waals surface area (Å²) in [4.78, 5) is 4.47. The molecule has 0 radical (unpaired) electrons. The Morgan fingerprint density at radius 1 is 1.13 bits per heavy atom. The molecule has 162 valence electrons. The minimum absolute atomic E-state index is 0.276. The number of pyridine rings is 1. The van der Waals surface area contributed by atoms with E-state index < -0.39 is 0 Å². The van der Waals surface area contributed by atoms with Crippen molar-refractivity contribution in [1.29, 1.82) is 0 Å². The van der Waals surface area contributed by atoms with Gasteiger partial charge < -0.3 is 14.5 Å². The summed E-state index contributed by atoms with van der Waals surface area (Å²) in [5.74, 6) is -0.0869. The first-order valence-corrected chi connectivity index (χ1v) is 10.5. The van der Waals surface area contributed by atoms with Crippen LogP contribution in [0.3, 0.4) is 0 Å². The number of halogens is 1. The topological polar surface area (TPSA) is 56.4 Å². The van der Waals surface area contributed by atoms with Crippen LogP contribution in [0.1, 0.15) is 22.6 Å². The molecule has 4 rings (SSSR count). The summed E-state index contributed by atoms with van der Waals surface area (Å²) < 4.78 is 24.7. The molecule has 0 bridgehead atoms. The zero-order valence-electron chi connectivity index (χ0n) is 18.4. The van der Waals surface area contributed by atoms with Crippen LogP contribution < -0.4 is 10.1 Å². The molecule has 3 heterocycles. The summed E-state index contributed by atoms with van der Waals surface area (Å²) in [5, 5.41) is 7.61. The molecule has 0 unspecified atom stereocenters. The molecule has 0 atom stereocenters. The quantitative estimate of drug-likeness (QED) is 0.469. The third-order valence-electron chi connectivity index (χ3n) is 5.75. The van der Waals surface area contributed by atoms with E-state index >= 15 is 0 Å². The number of benzene rings is 1. The minimum atomic E-state index is -0.363. The maximum absolute atomic E-state index is 14.8. The van der Waals surface area contributed by atoms with Crippen LogP contribution in [0.4, 0.5) is 4.39 Å². The molecule has 7 heteroatoms. The third kappa shape index (κ3) is 4.18. The Balaban J connectivity index is 1.61. The van der Waals surface area contributed by atoms with E-state index in [0.29, 0.717) is 13.0 Å². The SMILES string of the molecule is CNCCc1cnc2ccc(-c3cccc(F)c3OCCc3c(C)nn(C)c3C)cn12. The maximum atomic E-state index is 14.8. The number of rotatable bonds is 8. The predicted octanol–water partition coefficient (Wildman–Crippen LogP) is 3.87. The number of likely N-dealkylation sites (N-methyl/N-ethyl adjacent to an activating group) is 1. The summed E-state index contributed by atoms with van der Waals surface area (Å²) in [6, 6.07) is 8.96. The molecule has 0 fully saturated rings. The standard InChI is InChI=1S/C24H28FN5O/c1-16-20(17(2)29(4)28-16)11-13-31-24-21(6-5-7-22(24)25)18-8-9-23-27-14-19(10-12-26-3)30(23)15-18/h5-9,14-15,26H,10-13H2,1-4H3. The predicted molar refractivity (Wildman–Crippen MR) is 120 cm³/mol. The van der Waals surface area contributed by atoms with Gasteiger partial charge in [0.15, 0.2) is 11.6 Å². The highest BCUT2D eigenvalue weighted by Crippen LogP contribution is 2.33. The Morgan fingerprint density at radius 3 is 2.71 bits per heavy atom. The van der Waals surface area contributed by atoms with Crippen LogP contribution in [0.5, 0.6) is 5.75 Å². The number of nitrogens with zero attached hydrogens (tertiary/aromatic N) is 4. The first-order chi connectivity index (χ1) is 15.0. The van der Waals surface area contributed by atoms with Gasteiger partial charge in [-0.3, -0.25) is 4.68 Å². The molecule has 0 saturated heterocycles. The monoisotopic (exact) mass is 421 g/mol. The number of hydrogen-bond donors (Lipinski definition) is 1. The molecule has 0 aliphatic rings. The fourth-order valence-electron chi connectivity index (χ4n) is 3.95. The second-order valence-corrected chi connectivity index (χ2v) is 7.74. The normalized spacial score (nSPS) is 11.4. The van der Waals surface area contributed by atoms with Gasteiger partial charge in [-0.1, -0.05) is 12.1 Å². The van der Waals surface area contributed by atoms with Crippen LogP contribution in [-0.4, -0.2) is 39.4 Å². The molecular formula is C24H28FN5O. The highest BCUT2D eigenvalue weighted by Gasteiger charge is 2.15. The van der Waals surface area contributed by atoms with Crippen molar-refractivity contribution in [3.05, 3.63) is 71.2 Å². The molecule has 0 aliphatic carbocycles. The van der Waals surface area contributed by atoms with E-state index in [-0.39, 0.29) is 11.6 Å². The lowest BCUT2D eigenvalue weighted by molar-refractivity contribution is 0.306. The summed E-state index contributed by atoms with van der Waals surface area (Å²) in [5.41, 5.74) is 6.83. The number of imidazole rings is 1. The van der Waals surface area contributed by atoms with Crippen molar-refractivity contribution in [2.45, 2.75) is 26.7 Å². The minimum Gasteiger partial charge on any atom is -0.490 e. The average molecular weight is 422 g/mol. The summed E-state index contributed by atoms with van der Waals surface area (Å²) in [6.45, 7) is 5.26. The number of nitrogens with one attached hydrogen (secondary N) is 1. The van der Waals surface area contributed by atoms with Gasteiger partial charge in [0, 0.05) is 61.3 Å². The zero-order chi connectivity index (χ0) is 22.0. The van der Waals surface area contributed by atoms with Crippen molar-refractivity contribution in [2.75, 3.05) is 20.2 Å². The van der Waals surface area contributed by atoms with E-state index in [9.17, 15) is 4.39 Å². The molecule has 0 spiro atoms. The Labute approximate surface area is 181 Å². The molecular weight excluding hydrogens is 393 g/mol. The number of ether oxygens (including phenoxy) is 1. The van der Waals surface area contributed by atoms with E-state index in [4.69, 9.17) is 4.74 Å². The van der Waals surface area contributed by atoms with Gasteiger partial charge in [0.05, 0.1) is 12.3 Å². The highest BCUT2D eigenvalue weighted by atomic mass is 19.1. The van der Waals surface area contributed by atoms with Crippen molar-refractivity contribution in [2.24, 2.45) is 7.05 Å². The van der Waals surface area contributed by atoms with Gasteiger partial charge in [-0.05, 0) is 44.7 Å². The first kappa shape index (κ1) is 21.1. The van der Waals surface area contributed by atoms with E-state index in [1.807, 2.05) is 63.2 Å². The van der Waals surface area contributed by atoms with E-state index in [1.54, 1.807) is 6.07 Å². The van der Waals surface area contributed by atoms with Gasteiger partial charge in [0.25, 0.3) is 0 Å². The van der Waals surface area contributed by atoms with E-state index in [2.05, 4.69) is 19.8 Å². The first-order valence-electron chi connectivity index (χ1n) is 10.5. The summed E-state index contributed by atoms with van der Waals surface area (Å²) in [7, 11) is 3.86. The third-order valence-corrected chi connectivity index (χ3v) is 5.75. The molecule has 3 aromatic heterocycles. The number of hydrogen-bond acceptors (Lipinski definition) is 4. The Kier molecular flexibility index (Phi) is 6.04. The fourth-order valence-corrected chi connectivity index (χ4v) is 3.95. The fraction of sp³-hybridized carbons (Fsp3) is 0.333. The summed E-state index contributed by atoms with van der Waals surface area (Å²) in [6.07, 6.45) is 5.42. The number of aromatic nitrogens is 4. The largest absolute Gasteiger partial charge is 0.490 e. The van der Waals surface area contributed by atoms with Crippen LogP contribution in [0.25, 0.3) is 16.8 Å². The van der Waals surface area contributed by atoms with Crippen LogP contribution in [0.15, 0.2) is 42.7 Å². The smallest absolute Gasteiger partial charge is 0.165 e. The van der Waals surface area contributed by atoms with Gasteiger partial charge in [-0.15, -0.1) is 0 Å². The highest BCUT2D eigenvalue weighted by molar-refractivity contribution is 5.71. The van der Waals surface area contributed by atoms with E-state index in [0.717, 1.165) is 52.4 Å². The van der Waals surface area contributed by atoms with Crippen molar-refractivity contribution in [1.82, 2.24) is 24.5 Å². The van der Waals surface area contributed by atoms with Crippen molar-refractivity contribution in [3.8, 4) is 16.9 Å². The number of para-hydroxylation sites is 1. The number of aryl methyl sites for hydroxylation is 2. The summed E-state index contributed by atoms with van der Waals surface area (Å²) >= 11 is 0. The lowest BCUT2D eigenvalue weighted by atomic mass is 10.1. The van der Waals surface area contributed by atoms with Crippen LogP contribution in [-0.2, 0) is 19.9 Å². The molecule has 0 aliphatic heterocycles. The van der Waals surface area contributed by atoms with Gasteiger partial charge >= 0.3 is 0 Å². The van der Waals surface area contributed by atoms with Crippen molar-refractivity contribution >= 4 is 5.65 Å². The Bertz CT molecular complexity index is 1210. The second-order valence-electron chi connectivity index (χ2n) is 7.74. The Hall–Kier alpha value is -3.19. The van der Waals surface area contributed by atoms with Gasteiger partial charge in [-0.25, -0.2) is 9.37 Å². The van der Waals surface area contributed by atoms with Crippen LogP contribution >= 0.6 is 0 Å². The Morgan fingerprint density at radius 2 is 1.97 bits per heavy atom.